The standard InChI is InChI=1S/C38H28F5NO6/c1-48-23-16-15-22(30(45)18-23)19-44(38(47)49-20-28-26-13-7-5-11-24(26)25-12-6-8-14-27(25)28)29(17-21-9-3-2-4-10-21)37(46)50-36-34(42)32(40)31(39)33(41)35(36)43/h2-16,18,28-29,45H,17,19-20H2,1H3/t29-/m0/s1. The first-order valence-corrected chi connectivity index (χ1v) is 15.3. The third kappa shape index (κ3) is 6.56. The van der Waals surface area contributed by atoms with Crippen molar-refractivity contribution in [1.29, 1.82) is 0 Å². The van der Waals surface area contributed by atoms with Gasteiger partial charge in [-0.05, 0) is 39.9 Å². The third-order valence-electron chi connectivity index (χ3n) is 8.50. The van der Waals surface area contributed by atoms with Crippen molar-refractivity contribution in [3.63, 3.8) is 0 Å². The number of phenolic OH excluding ortho intramolecular Hbond substituents is 1. The maximum Gasteiger partial charge on any atom is 0.410 e. The predicted molar refractivity (Wildman–Crippen MR) is 171 cm³/mol. The van der Waals surface area contributed by atoms with Gasteiger partial charge in [0.05, 0.1) is 13.7 Å². The monoisotopic (exact) mass is 689 g/mol. The highest BCUT2D eigenvalue weighted by Gasteiger charge is 2.38. The molecular weight excluding hydrogens is 661 g/mol. The Hall–Kier alpha value is -5.91. The molecule has 0 fully saturated rings. The maximum absolute atomic E-state index is 14.7. The van der Waals surface area contributed by atoms with E-state index in [0.717, 1.165) is 27.2 Å². The highest BCUT2D eigenvalue weighted by molar-refractivity contribution is 5.84. The maximum atomic E-state index is 14.7. The average Bonchev–Trinajstić information content (AvgIpc) is 3.46. The molecule has 5 aromatic carbocycles. The molecule has 0 aromatic heterocycles. The highest BCUT2D eigenvalue weighted by Crippen LogP contribution is 2.44. The number of hydrogen-bond donors (Lipinski definition) is 1. The SMILES string of the molecule is COc1ccc(CN(C(=O)OCC2c3ccccc3-c3ccccc32)[C@@H](Cc2ccccc2)C(=O)Oc2c(F)c(F)c(F)c(F)c2F)c(O)c1. The lowest BCUT2D eigenvalue weighted by Crippen LogP contribution is -2.48. The Morgan fingerprint density at radius 1 is 0.760 bits per heavy atom. The molecule has 7 nitrogen and oxygen atoms in total. The molecule has 0 bridgehead atoms. The van der Waals surface area contributed by atoms with Gasteiger partial charge in [-0.3, -0.25) is 4.90 Å². The van der Waals surface area contributed by atoms with Gasteiger partial charge in [0, 0.05) is 24.0 Å². The summed E-state index contributed by atoms with van der Waals surface area (Å²) < 4.78 is 87.1. The van der Waals surface area contributed by atoms with E-state index >= 15 is 0 Å². The van der Waals surface area contributed by atoms with Crippen LogP contribution in [0.2, 0.25) is 0 Å². The normalized spacial score (nSPS) is 12.5. The lowest BCUT2D eigenvalue weighted by atomic mass is 9.98. The fraction of sp³-hybridized carbons (Fsp3) is 0.158. The van der Waals surface area contributed by atoms with Gasteiger partial charge in [-0.2, -0.15) is 8.78 Å². The molecule has 0 spiro atoms. The predicted octanol–water partition coefficient (Wildman–Crippen LogP) is 8.06. The summed E-state index contributed by atoms with van der Waals surface area (Å²) in [5.74, 6) is -15.6. The second-order valence-electron chi connectivity index (χ2n) is 11.5. The van der Waals surface area contributed by atoms with Crippen LogP contribution in [0, 0.1) is 29.1 Å². The van der Waals surface area contributed by atoms with Crippen LogP contribution in [0.5, 0.6) is 17.2 Å². The molecule has 0 saturated carbocycles. The number of methoxy groups -OCH3 is 1. The number of halogens is 5. The summed E-state index contributed by atoms with van der Waals surface area (Å²) in [5.41, 5.74) is 4.26. The molecule has 1 aliphatic carbocycles. The van der Waals surface area contributed by atoms with Crippen molar-refractivity contribution >= 4 is 12.1 Å². The Morgan fingerprint density at radius 3 is 1.90 bits per heavy atom. The number of aromatic hydroxyl groups is 1. The number of amides is 1. The smallest absolute Gasteiger partial charge is 0.410 e. The second-order valence-corrected chi connectivity index (χ2v) is 11.5. The van der Waals surface area contributed by atoms with Crippen LogP contribution in [0.15, 0.2) is 97.1 Å². The van der Waals surface area contributed by atoms with Crippen molar-refractivity contribution < 1.29 is 50.9 Å². The summed E-state index contributed by atoms with van der Waals surface area (Å²) in [5, 5.41) is 10.8. The molecule has 5 aromatic rings. The van der Waals surface area contributed by atoms with Gasteiger partial charge in [0.25, 0.3) is 0 Å². The van der Waals surface area contributed by atoms with Crippen LogP contribution in [0.4, 0.5) is 26.7 Å². The van der Waals surface area contributed by atoms with Gasteiger partial charge in [0.1, 0.15) is 24.1 Å². The Balaban J connectivity index is 1.38. The van der Waals surface area contributed by atoms with Gasteiger partial charge >= 0.3 is 12.1 Å². The Labute approximate surface area is 283 Å². The number of carbonyl (C=O) groups is 2. The van der Waals surface area contributed by atoms with Crippen LogP contribution in [-0.2, 0) is 22.5 Å². The van der Waals surface area contributed by atoms with Crippen molar-refractivity contribution in [2.24, 2.45) is 0 Å². The molecule has 1 aliphatic rings. The first kappa shape index (κ1) is 34.0. The largest absolute Gasteiger partial charge is 0.507 e. The number of nitrogens with zero attached hydrogens (tertiary/aromatic N) is 1. The van der Waals surface area contributed by atoms with Crippen molar-refractivity contribution in [2.75, 3.05) is 13.7 Å². The van der Waals surface area contributed by atoms with Gasteiger partial charge in [-0.1, -0.05) is 78.9 Å². The summed E-state index contributed by atoms with van der Waals surface area (Å²) in [6.07, 6.45) is -1.42. The lowest BCUT2D eigenvalue weighted by Gasteiger charge is -2.30. The zero-order valence-electron chi connectivity index (χ0n) is 26.3. The fourth-order valence-electron chi connectivity index (χ4n) is 5.97. The van der Waals surface area contributed by atoms with Crippen LogP contribution >= 0.6 is 0 Å². The number of rotatable bonds is 10. The topological polar surface area (TPSA) is 85.3 Å². The van der Waals surface area contributed by atoms with Crippen molar-refractivity contribution in [3.8, 4) is 28.4 Å². The molecule has 0 saturated heterocycles. The molecule has 1 amide bonds. The summed E-state index contributed by atoms with van der Waals surface area (Å²) in [7, 11) is 1.38. The van der Waals surface area contributed by atoms with E-state index in [2.05, 4.69) is 0 Å². The Morgan fingerprint density at radius 2 is 1.32 bits per heavy atom. The molecule has 0 heterocycles. The zero-order valence-corrected chi connectivity index (χ0v) is 26.3. The van der Waals surface area contributed by atoms with Crippen molar-refractivity contribution in [3.05, 3.63) is 148 Å². The van der Waals surface area contributed by atoms with Crippen LogP contribution in [0.3, 0.4) is 0 Å². The number of hydrogen-bond acceptors (Lipinski definition) is 6. The van der Waals surface area contributed by atoms with E-state index in [1.807, 2.05) is 48.5 Å². The van der Waals surface area contributed by atoms with Crippen molar-refractivity contribution in [2.45, 2.75) is 24.9 Å². The van der Waals surface area contributed by atoms with Gasteiger partial charge < -0.3 is 19.3 Å². The van der Waals surface area contributed by atoms with E-state index in [1.165, 1.54) is 25.3 Å². The number of phenols is 1. The molecule has 12 heteroatoms. The Bertz CT molecular complexity index is 2000. The van der Waals surface area contributed by atoms with Crippen LogP contribution < -0.4 is 9.47 Å². The number of ether oxygens (including phenoxy) is 3. The molecule has 1 N–H and O–H groups in total. The summed E-state index contributed by atoms with van der Waals surface area (Å²) in [6, 6.07) is 25.7. The first-order valence-electron chi connectivity index (χ1n) is 15.3. The molecule has 1 atom stereocenters. The van der Waals surface area contributed by atoms with Gasteiger partial charge in [-0.25, -0.2) is 22.8 Å². The number of fused-ring (bicyclic) bond motifs is 3. The van der Waals surface area contributed by atoms with Gasteiger partial charge in [-0.15, -0.1) is 0 Å². The van der Waals surface area contributed by atoms with Crippen LogP contribution in [0.1, 0.15) is 28.2 Å². The van der Waals surface area contributed by atoms with E-state index in [9.17, 15) is 36.6 Å². The van der Waals surface area contributed by atoms with E-state index in [4.69, 9.17) is 14.2 Å². The van der Waals surface area contributed by atoms with Crippen molar-refractivity contribution in [1.82, 2.24) is 4.90 Å². The molecule has 256 valence electrons. The van der Waals surface area contributed by atoms with Gasteiger partial charge in [0.2, 0.25) is 34.8 Å². The van der Waals surface area contributed by atoms with Gasteiger partial charge in [0.15, 0.2) is 0 Å². The minimum atomic E-state index is -2.43. The molecule has 6 rings (SSSR count). The lowest BCUT2D eigenvalue weighted by molar-refractivity contribution is -0.140. The number of benzene rings is 5. The fourth-order valence-corrected chi connectivity index (χ4v) is 5.97. The van der Waals surface area contributed by atoms with E-state index < -0.39 is 65.4 Å². The average molecular weight is 690 g/mol. The molecule has 0 aliphatic heterocycles. The zero-order chi connectivity index (χ0) is 35.5. The van der Waals surface area contributed by atoms with E-state index in [-0.39, 0.29) is 30.1 Å². The second kappa shape index (κ2) is 14.3. The molecule has 0 unspecified atom stereocenters. The Kier molecular flexibility index (Phi) is 9.71. The van der Waals surface area contributed by atoms with E-state index in [1.54, 1.807) is 30.3 Å². The molecule has 0 radical (unpaired) electrons. The summed E-state index contributed by atoms with van der Waals surface area (Å²) in [4.78, 5) is 28.8. The summed E-state index contributed by atoms with van der Waals surface area (Å²) >= 11 is 0. The quantitative estimate of drug-likeness (QED) is 0.0525. The number of carbonyl (C=O) groups excluding carboxylic acids is 2. The number of esters is 1. The molecule has 50 heavy (non-hydrogen) atoms. The van der Waals surface area contributed by atoms with E-state index in [0.29, 0.717) is 5.56 Å². The van der Waals surface area contributed by atoms with Crippen LogP contribution in [0.25, 0.3) is 11.1 Å². The third-order valence-corrected chi connectivity index (χ3v) is 8.50. The summed E-state index contributed by atoms with van der Waals surface area (Å²) in [6.45, 7) is -0.696. The minimum Gasteiger partial charge on any atom is -0.507 e. The first-order chi connectivity index (χ1) is 24.1. The minimum absolute atomic E-state index is 0.112. The highest BCUT2D eigenvalue weighted by atomic mass is 19.2. The molecular formula is C38H28F5NO6. The van der Waals surface area contributed by atoms with Crippen LogP contribution in [-0.4, -0.2) is 41.8 Å².